The van der Waals surface area contributed by atoms with Crippen molar-refractivity contribution in [2.75, 3.05) is 14.2 Å². The summed E-state index contributed by atoms with van der Waals surface area (Å²) in [6, 6.07) is 1.25. The lowest BCUT2D eigenvalue weighted by molar-refractivity contribution is -0.386. The minimum Gasteiger partial charge on any atom is -0.465 e. The van der Waals surface area contributed by atoms with Gasteiger partial charge in [0.05, 0.1) is 30.3 Å². The molecule has 0 bridgehead atoms. The van der Waals surface area contributed by atoms with Crippen LogP contribution in [0.3, 0.4) is 0 Å². The van der Waals surface area contributed by atoms with E-state index in [9.17, 15) is 19.7 Å². The zero-order valence-electron chi connectivity index (χ0n) is 11.0. The predicted molar refractivity (Wildman–Crippen MR) is 65.2 cm³/mol. The summed E-state index contributed by atoms with van der Waals surface area (Å²) < 4.78 is 9.09. The van der Waals surface area contributed by atoms with Crippen LogP contribution in [0, 0.1) is 24.0 Å². The van der Waals surface area contributed by atoms with Crippen LogP contribution in [0.5, 0.6) is 0 Å². The van der Waals surface area contributed by atoms with Gasteiger partial charge in [-0.25, -0.2) is 9.59 Å². The molecule has 0 fully saturated rings. The Kier molecular flexibility index (Phi) is 4.21. The Labute approximate surface area is 109 Å². The molecule has 19 heavy (non-hydrogen) atoms. The van der Waals surface area contributed by atoms with E-state index in [1.807, 2.05) is 0 Å². The lowest BCUT2D eigenvalue weighted by atomic mass is 9.97. The molecule has 0 aliphatic carbocycles. The molecule has 0 aromatic heterocycles. The molecule has 1 aromatic rings. The molecule has 0 atom stereocenters. The van der Waals surface area contributed by atoms with Crippen LogP contribution in [0.2, 0.25) is 0 Å². The van der Waals surface area contributed by atoms with Gasteiger partial charge < -0.3 is 9.47 Å². The van der Waals surface area contributed by atoms with E-state index in [2.05, 4.69) is 9.47 Å². The molecule has 0 N–H and O–H groups in total. The Hall–Kier alpha value is -2.44. The number of hydrogen-bond donors (Lipinski definition) is 0. The number of nitrogens with zero attached hydrogens (tertiary/aromatic N) is 1. The Morgan fingerprint density at radius 2 is 1.42 bits per heavy atom. The van der Waals surface area contributed by atoms with Crippen molar-refractivity contribution in [1.82, 2.24) is 0 Å². The molecule has 102 valence electrons. The Morgan fingerprint density at radius 1 is 1.05 bits per heavy atom. The third kappa shape index (κ3) is 2.54. The van der Waals surface area contributed by atoms with E-state index in [0.29, 0.717) is 0 Å². The van der Waals surface area contributed by atoms with Crippen molar-refractivity contribution in [1.29, 1.82) is 0 Å². The molecule has 0 radical (unpaired) electrons. The van der Waals surface area contributed by atoms with Gasteiger partial charge in [0, 0.05) is 11.1 Å². The van der Waals surface area contributed by atoms with Gasteiger partial charge in [0.15, 0.2) is 0 Å². The Bertz CT molecular complexity index is 524. The number of rotatable bonds is 3. The molecule has 0 aliphatic rings. The third-order valence-corrected chi connectivity index (χ3v) is 2.80. The Balaban J connectivity index is 3.69. The number of nitro groups is 1. The number of methoxy groups -OCH3 is 2. The molecule has 1 aromatic carbocycles. The fourth-order valence-electron chi connectivity index (χ4n) is 1.82. The van der Waals surface area contributed by atoms with Gasteiger partial charge in [-0.2, -0.15) is 0 Å². The summed E-state index contributed by atoms with van der Waals surface area (Å²) in [6.07, 6.45) is 0. The average molecular weight is 267 g/mol. The molecular formula is C12H13NO6. The van der Waals surface area contributed by atoms with Gasteiger partial charge in [0.1, 0.15) is 0 Å². The molecular weight excluding hydrogens is 254 g/mol. The van der Waals surface area contributed by atoms with Crippen LogP contribution in [-0.2, 0) is 9.47 Å². The fraction of sp³-hybridized carbons (Fsp3) is 0.333. The average Bonchev–Trinajstić information content (AvgIpc) is 2.37. The number of nitro benzene ring substituents is 1. The summed E-state index contributed by atoms with van der Waals surface area (Å²) in [5.74, 6) is -1.49. The predicted octanol–water partition coefficient (Wildman–Crippen LogP) is 1.78. The van der Waals surface area contributed by atoms with Crippen LogP contribution in [0.25, 0.3) is 0 Å². The number of ether oxygens (including phenoxy) is 2. The second-order valence-corrected chi connectivity index (χ2v) is 3.81. The second-order valence-electron chi connectivity index (χ2n) is 3.81. The van der Waals surface area contributed by atoms with Crippen LogP contribution in [-0.4, -0.2) is 31.1 Å². The van der Waals surface area contributed by atoms with Crippen LogP contribution < -0.4 is 0 Å². The second kappa shape index (κ2) is 5.47. The van der Waals surface area contributed by atoms with E-state index in [0.717, 1.165) is 14.2 Å². The van der Waals surface area contributed by atoms with E-state index in [4.69, 9.17) is 0 Å². The van der Waals surface area contributed by atoms with Crippen molar-refractivity contribution in [3.63, 3.8) is 0 Å². The van der Waals surface area contributed by atoms with Crippen LogP contribution in [0.15, 0.2) is 6.07 Å². The van der Waals surface area contributed by atoms with Gasteiger partial charge in [-0.05, 0) is 19.9 Å². The van der Waals surface area contributed by atoms with Crippen molar-refractivity contribution in [3.05, 3.63) is 38.4 Å². The summed E-state index contributed by atoms with van der Waals surface area (Å²) >= 11 is 0. The summed E-state index contributed by atoms with van der Waals surface area (Å²) in [7, 11) is 2.32. The first kappa shape index (κ1) is 14.6. The fourth-order valence-corrected chi connectivity index (χ4v) is 1.82. The number of carbonyl (C=O) groups excluding carboxylic acids is 2. The largest absolute Gasteiger partial charge is 0.465 e. The molecule has 0 saturated heterocycles. The van der Waals surface area contributed by atoms with Gasteiger partial charge >= 0.3 is 11.9 Å². The maximum Gasteiger partial charge on any atom is 0.338 e. The van der Waals surface area contributed by atoms with Crippen molar-refractivity contribution in [2.45, 2.75) is 13.8 Å². The van der Waals surface area contributed by atoms with E-state index in [1.165, 1.54) is 19.9 Å². The molecule has 7 heteroatoms. The first-order chi connectivity index (χ1) is 8.84. The molecule has 0 amide bonds. The lowest BCUT2D eigenvalue weighted by Crippen LogP contribution is -2.13. The van der Waals surface area contributed by atoms with Gasteiger partial charge in [-0.15, -0.1) is 0 Å². The highest BCUT2D eigenvalue weighted by Crippen LogP contribution is 2.30. The maximum absolute atomic E-state index is 11.6. The van der Waals surface area contributed by atoms with Crippen molar-refractivity contribution < 1.29 is 24.0 Å². The van der Waals surface area contributed by atoms with Gasteiger partial charge in [-0.1, -0.05) is 0 Å². The Morgan fingerprint density at radius 3 is 1.68 bits per heavy atom. The first-order valence-electron chi connectivity index (χ1n) is 5.30. The SMILES string of the molecule is COC(=O)c1cc(C(=O)OC)c(C)c([N+](=O)[O-])c1C. The molecule has 0 aliphatic heterocycles. The van der Waals surface area contributed by atoms with Crippen LogP contribution in [0.1, 0.15) is 31.8 Å². The highest BCUT2D eigenvalue weighted by atomic mass is 16.6. The molecule has 0 saturated carbocycles. The molecule has 0 spiro atoms. The highest BCUT2D eigenvalue weighted by Gasteiger charge is 2.27. The third-order valence-electron chi connectivity index (χ3n) is 2.80. The summed E-state index contributed by atoms with van der Waals surface area (Å²) in [5, 5.41) is 11.1. The van der Waals surface area contributed by atoms with E-state index >= 15 is 0 Å². The molecule has 0 unspecified atom stereocenters. The highest BCUT2D eigenvalue weighted by molar-refractivity contribution is 5.99. The molecule has 7 nitrogen and oxygen atoms in total. The van der Waals surface area contributed by atoms with E-state index < -0.39 is 16.9 Å². The molecule has 1 rings (SSSR count). The van der Waals surface area contributed by atoms with Gasteiger partial charge in [0.25, 0.3) is 5.69 Å². The number of benzene rings is 1. The van der Waals surface area contributed by atoms with Crippen LogP contribution in [0.4, 0.5) is 5.69 Å². The smallest absolute Gasteiger partial charge is 0.338 e. The normalized spacial score (nSPS) is 9.89. The van der Waals surface area contributed by atoms with Crippen molar-refractivity contribution >= 4 is 17.6 Å². The number of esters is 2. The molecule has 0 heterocycles. The van der Waals surface area contributed by atoms with Gasteiger partial charge in [-0.3, -0.25) is 10.1 Å². The van der Waals surface area contributed by atoms with Crippen LogP contribution >= 0.6 is 0 Å². The minimum atomic E-state index is -0.745. The summed E-state index contributed by atoms with van der Waals surface area (Å²) in [6.45, 7) is 2.86. The quantitative estimate of drug-likeness (QED) is 0.470. The zero-order valence-corrected chi connectivity index (χ0v) is 11.0. The number of hydrogen-bond acceptors (Lipinski definition) is 6. The summed E-state index contributed by atoms with van der Waals surface area (Å²) in [4.78, 5) is 33.6. The van der Waals surface area contributed by atoms with Gasteiger partial charge in [0.2, 0.25) is 0 Å². The lowest BCUT2D eigenvalue weighted by Gasteiger charge is -2.10. The maximum atomic E-state index is 11.6. The number of carbonyl (C=O) groups is 2. The van der Waals surface area contributed by atoms with E-state index in [1.54, 1.807) is 0 Å². The van der Waals surface area contributed by atoms with E-state index in [-0.39, 0.29) is 27.9 Å². The first-order valence-corrected chi connectivity index (χ1v) is 5.30. The standard InChI is InChI=1S/C12H13NO6/c1-6-8(11(14)18-3)5-9(12(15)19-4)7(2)10(6)13(16)17/h5H,1-4H3. The monoisotopic (exact) mass is 267 g/mol. The van der Waals surface area contributed by atoms with Crippen molar-refractivity contribution in [2.24, 2.45) is 0 Å². The zero-order chi connectivity index (χ0) is 14.7. The summed E-state index contributed by atoms with van der Waals surface area (Å²) in [5.41, 5.74) is -0.0345. The van der Waals surface area contributed by atoms with Crippen molar-refractivity contribution in [3.8, 4) is 0 Å². The topological polar surface area (TPSA) is 95.7 Å². The minimum absolute atomic E-state index is 0.0276.